The summed E-state index contributed by atoms with van der Waals surface area (Å²) in [5, 5.41) is 6.92. The van der Waals surface area contributed by atoms with E-state index >= 15 is 0 Å². The smallest absolute Gasteiger partial charge is 0.189 e. The summed E-state index contributed by atoms with van der Waals surface area (Å²) in [5.74, 6) is -1.81. The summed E-state index contributed by atoms with van der Waals surface area (Å²) in [6, 6.07) is 12.8. The van der Waals surface area contributed by atoms with Crippen LogP contribution in [0.3, 0.4) is 0 Å². The fraction of sp³-hybridized carbons (Fsp3) is 0.0526. The van der Waals surface area contributed by atoms with Gasteiger partial charge in [0.25, 0.3) is 0 Å². The number of carbonyl (C=O) groups excluding carboxylic acids is 1. The summed E-state index contributed by atoms with van der Waals surface area (Å²) >= 11 is 0. The maximum absolute atomic E-state index is 13.3. The van der Waals surface area contributed by atoms with E-state index in [0.717, 1.165) is 23.3 Å². The number of aromatic nitrogens is 2. The number of ketones is 1. The SMILES string of the molecule is O=C1/C(=C/c2cc(-c3ccc(F)c(F)c3)n[nH]2)Cc2ccccc21. The molecular weight excluding hydrogens is 310 g/mol. The first-order valence-corrected chi connectivity index (χ1v) is 7.46. The Labute approximate surface area is 136 Å². The fourth-order valence-electron chi connectivity index (χ4n) is 2.87. The molecular formula is C19H12F2N2O. The molecule has 1 aliphatic carbocycles. The van der Waals surface area contributed by atoms with Crippen LogP contribution in [0.1, 0.15) is 21.6 Å². The number of fused-ring (bicyclic) bond motifs is 1. The van der Waals surface area contributed by atoms with Gasteiger partial charge in [0.05, 0.1) is 11.4 Å². The lowest BCUT2D eigenvalue weighted by atomic mass is 10.1. The lowest BCUT2D eigenvalue weighted by molar-refractivity contribution is 0.104. The summed E-state index contributed by atoms with van der Waals surface area (Å²) in [4.78, 5) is 12.4. The highest BCUT2D eigenvalue weighted by molar-refractivity contribution is 6.15. The maximum Gasteiger partial charge on any atom is 0.189 e. The summed E-state index contributed by atoms with van der Waals surface area (Å²) in [6.45, 7) is 0. The number of aromatic amines is 1. The molecule has 118 valence electrons. The predicted octanol–water partition coefficient (Wildman–Crippen LogP) is 4.18. The predicted molar refractivity (Wildman–Crippen MR) is 86.4 cm³/mol. The van der Waals surface area contributed by atoms with E-state index in [-0.39, 0.29) is 5.78 Å². The fourth-order valence-corrected chi connectivity index (χ4v) is 2.87. The van der Waals surface area contributed by atoms with Gasteiger partial charge < -0.3 is 0 Å². The van der Waals surface area contributed by atoms with Gasteiger partial charge in [0.15, 0.2) is 17.4 Å². The van der Waals surface area contributed by atoms with Crippen molar-refractivity contribution in [2.45, 2.75) is 6.42 Å². The molecule has 5 heteroatoms. The van der Waals surface area contributed by atoms with Crippen molar-refractivity contribution in [3.63, 3.8) is 0 Å². The molecule has 0 radical (unpaired) electrons. The van der Waals surface area contributed by atoms with Gasteiger partial charge in [-0.1, -0.05) is 24.3 Å². The molecule has 0 saturated carbocycles. The second-order valence-corrected chi connectivity index (χ2v) is 5.67. The molecule has 0 aliphatic heterocycles. The zero-order chi connectivity index (χ0) is 16.7. The van der Waals surface area contributed by atoms with E-state index in [0.29, 0.717) is 28.9 Å². The third-order valence-electron chi connectivity index (χ3n) is 4.08. The van der Waals surface area contributed by atoms with Gasteiger partial charge in [0.2, 0.25) is 0 Å². The molecule has 2 aromatic carbocycles. The first-order chi connectivity index (χ1) is 11.6. The first kappa shape index (κ1) is 14.5. The standard InChI is InChI=1S/C19H12F2N2O/c20-16-6-5-12(9-17(16)21)18-10-14(22-23-18)8-13-7-11-3-1-2-4-15(11)19(13)24/h1-6,8-10H,7H2,(H,22,23)/b13-8+. The van der Waals surface area contributed by atoms with E-state index in [1.807, 2.05) is 24.3 Å². The molecule has 4 rings (SSSR count). The van der Waals surface area contributed by atoms with E-state index in [2.05, 4.69) is 10.2 Å². The lowest BCUT2D eigenvalue weighted by Gasteiger charge is -1.97. The van der Waals surface area contributed by atoms with E-state index in [9.17, 15) is 13.6 Å². The number of hydrogen-bond donors (Lipinski definition) is 1. The molecule has 0 unspecified atom stereocenters. The molecule has 24 heavy (non-hydrogen) atoms. The van der Waals surface area contributed by atoms with Crippen LogP contribution >= 0.6 is 0 Å². The third kappa shape index (κ3) is 2.44. The number of halogens is 2. The zero-order valence-electron chi connectivity index (χ0n) is 12.5. The minimum atomic E-state index is -0.920. The largest absolute Gasteiger partial charge is 0.289 e. The number of allylic oxidation sites excluding steroid dienone is 1. The Morgan fingerprint density at radius 1 is 1.04 bits per heavy atom. The van der Waals surface area contributed by atoms with Gasteiger partial charge in [-0.15, -0.1) is 0 Å². The number of rotatable bonds is 2. The Kier molecular flexibility index (Phi) is 3.34. The number of carbonyl (C=O) groups is 1. The number of H-pyrrole nitrogens is 1. The number of nitrogens with one attached hydrogen (secondary N) is 1. The van der Waals surface area contributed by atoms with Crippen LogP contribution < -0.4 is 0 Å². The molecule has 1 aliphatic rings. The molecule has 1 N–H and O–H groups in total. The molecule has 3 nitrogen and oxygen atoms in total. The highest BCUT2D eigenvalue weighted by atomic mass is 19.2. The highest BCUT2D eigenvalue weighted by Gasteiger charge is 2.24. The van der Waals surface area contributed by atoms with Crippen molar-refractivity contribution >= 4 is 11.9 Å². The van der Waals surface area contributed by atoms with Gasteiger partial charge in [0, 0.05) is 23.1 Å². The zero-order valence-corrected chi connectivity index (χ0v) is 12.5. The van der Waals surface area contributed by atoms with Crippen LogP contribution in [0.5, 0.6) is 0 Å². The first-order valence-electron chi connectivity index (χ1n) is 7.46. The van der Waals surface area contributed by atoms with Crippen molar-refractivity contribution in [1.29, 1.82) is 0 Å². The number of Topliss-reactive ketones (excluding diaryl/α,β-unsaturated/α-hetero) is 1. The van der Waals surface area contributed by atoms with Gasteiger partial charge >= 0.3 is 0 Å². The Bertz CT molecular complexity index is 989. The van der Waals surface area contributed by atoms with Gasteiger partial charge in [0.1, 0.15) is 0 Å². The quantitative estimate of drug-likeness (QED) is 0.720. The second-order valence-electron chi connectivity index (χ2n) is 5.67. The minimum Gasteiger partial charge on any atom is -0.289 e. The topological polar surface area (TPSA) is 45.8 Å². The van der Waals surface area contributed by atoms with E-state index in [1.54, 1.807) is 12.1 Å². The van der Waals surface area contributed by atoms with Crippen molar-refractivity contribution in [3.05, 3.63) is 82.6 Å². The van der Waals surface area contributed by atoms with E-state index in [4.69, 9.17) is 0 Å². The number of nitrogens with zero attached hydrogens (tertiary/aromatic N) is 1. The third-order valence-corrected chi connectivity index (χ3v) is 4.08. The molecule has 3 aromatic rings. The lowest BCUT2D eigenvalue weighted by Crippen LogP contribution is -1.94. The van der Waals surface area contributed by atoms with Crippen molar-refractivity contribution in [2.75, 3.05) is 0 Å². The van der Waals surface area contributed by atoms with Crippen LogP contribution in [0.15, 0.2) is 54.1 Å². The molecule has 0 amide bonds. The average molecular weight is 322 g/mol. The number of benzene rings is 2. The van der Waals surface area contributed by atoms with Crippen LogP contribution in [-0.4, -0.2) is 16.0 Å². The second kappa shape index (κ2) is 5.53. The molecule has 1 heterocycles. The van der Waals surface area contributed by atoms with E-state index in [1.165, 1.54) is 6.07 Å². The van der Waals surface area contributed by atoms with Gasteiger partial charge in [-0.25, -0.2) is 8.78 Å². The molecule has 0 spiro atoms. The van der Waals surface area contributed by atoms with Crippen molar-refractivity contribution in [1.82, 2.24) is 10.2 Å². The van der Waals surface area contributed by atoms with Gasteiger partial charge in [-0.3, -0.25) is 9.89 Å². The minimum absolute atomic E-state index is 0.00887. The normalized spacial score (nSPS) is 15.1. The average Bonchev–Trinajstić information content (AvgIpc) is 3.16. The molecule has 0 saturated heterocycles. The van der Waals surface area contributed by atoms with Crippen LogP contribution in [0.4, 0.5) is 8.78 Å². The summed E-state index contributed by atoms with van der Waals surface area (Å²) in [6.07, 6.45) is 2.33. The van der Waals surface area contributed by atoms with Crippen LogP contribution in [0.2, 0.25) is 0 Å². The molecule has 0 atom stereocenters. The van der Waals surface area contributed by atoms with Gasteiger partial charge in [-0.2, -0.15) is 5.10 Å². The Balaban J connectivity index is 1.64. The van der Waals surface area contributed by atoms with Gasteiger partial charge in [-0.05, 0) is 35.9 Å². The molecule has 1 aromatic heterocycles. The number of hydrogen-bond acceptors (Lipinski definition) is 2. The Hall–Kier alpha value is -3.08. The van der Waals surface area contributed by atoms with Crippen molar-refractivity contribution < 1.29 is 13.6 Å². The van der Waals surface area contributed by atoms with E-state index < -0.39 is 11.6 Å². The highest BCUT2D eigenvalue weighted by Crippen LogP contribution is 2.28. The van der Waals surface area contributed by atoms with Crippen LogP contribution in [0, 0.1) is 11.6 Å². The van der Waals surface area contributed by atoms with Crippen molar-refractivity contribution in [2.24, 2.45) is 0 Å². The van der Waals surface area contributed by atoms with Crippen LogP contribution in [0.25, 0.3) is 17.3 Å². The maximum atomic E-state index is 13.3. The van der Waals surface area contributed by atoms with Crippen LogP contribution in [-0.2, 0) is 6.42 Å². The van der Waals surface area contributed by atoms with Crippen molar-refractivity contribution in [3.8, 4) is 11.3 Å². The summed E-state index contributed by atoms with van der Waals surface area (Å²) in [5.41, 5.74) is 4.01. The summed E-state index contributed by atoms with van der Waals surface area (Å²) < 4.78 is 26.3. The molecule has 0 bridgehead atoms. The monoisotopic (exact) mass is 322 g/mol. The Morgan fingerprint density at radius 3 is 2.67 bits per heavy atom. The summed E-state index contributed by atoms with van der Waals surface area (Å²) in [7, 11) is 0. The molecule has 0 fully saturated rings. The Morgan fingerprint density at radius 2 is 1.88 bits per heavy atom.